The van der Waals surface area contributed by atoms with Gasteiger partial charge in [-0.15, -0.1) is 0 Å². The number of alkyl halides is 3. The number of nitrogens with zero attached hydrogens (tertiary/aromatic N) is 1. The summed E-state index contributed by atoms with van der Waals surface area (Å²) in [5.74, 6) is 0.785. The average molecular weight is 458 g/mol. The molecule has 0 saturated heterocycles. The molecule has 2 aromatic rings. The Hall–Kier alpha value is -2.32. The number of rotatable bonds is 9. The van der Waals surface area contributed by atoms with Gasteiger partial charge < -0.3 is 10.1 Å². The first-order chi connectivity index (χ1) is 14.3. The molecule has 0 aliphatic rings. The lowest BCUT2D eigenvalue weighted by Gasteiger charge is -2.12. The lowest BCUT2D eigenvalue weighted by atomic mass is 10.2. The van der Waals surface area contributed by atoms with E-state index in [0.717, 1.165) is 42.4 Å². The summed E-state index contributed by atoms with van der Waals surface area (Å²) in [6, 6.07) is 10.3. The summed E-state index contributed by atoms with van der Waals surface area (Å²) in [5.41, 5.74) is 2.57. The smallest absolute Gasteiger partial charge is 0.416 e. The molecule has 0 spiro atoms. The minimum absolute atomic E-state index is 0.0134. The van der Waals surface area contributed by atoms with E-state index in [-0.39, 0.29) is 15.8 Å². The largest absolute Gasteiger partial charge is 0.494 e. The van der Waals surface area contributed by atoms with E-state index in [1.807, 2.05) is 24.3 Å². The first-order valence-electron chi connectivity index (χ1n) is 9.49. The van der Waals surface area contributed by atoms with E-state index in [4.69, 9.17) is 28.6 Å². The highest BCUT2D eigenvalue weighted by molar-refractivity contribution is 7.80. The van der Waals surface area contributed by atoms with Crippen LogP contribution < -0.4 is 15.5 Å². The van der Waals surface area contributed by atoms with Gasteiger partial charge in [-0.2, -0.15) is 18.3 Å². The van der Waals surface area contributed by atoms with Crippen molar-refractivity contribution in [1.82, 2.24) is 5.43 Å². The summed E-state index contributed by atoms with van der Waals surface area (Å²) >= 11 is 11.0. The molecule has 0 unspecified atom stereocenters. The molecule has 162 valence electrons. The third-order valence-electron chi connectivity index (χ3n) is 4.07. The van der Waals surface area contributed by atoms with Gasteiger partial charge in [-0.1, -0.05) is 37.8 Å². The second-order valence-electron chi connectivity index (χ2n) is 6.49. The average Bonchev–Trinajstić information content (AvgIpc) is 2.70. The molecule has 0 radical (unpaired) electrons. The van der Waals surface area contributed by atoms with Gasteiger partial charge in [-0.25, -0.2) is 0 Å². The Labute approximate surface area is 184 Å². The molecule has 2 aromatic carbocycles. The normalized spacial score (nSPS) is 11.5. The van der Waals surface area contributed by atoms with Crippen molar-refractivity contribution in [2.45, 2.75) is 38.8 Å². The lowest BCUT2D eigenvalue weighted by molar-refractivity contribution is -0.137. The van der Waals surface area contributed by atoms with Crippen molar-refractivity contribution in [3.05, 3.63) is 58.6 Å². The maximum atomic E-state index is 12.8. The molecule has 2 rings (SSSR count). The van der Waals surface area contributed by atoms with E-state index in [1.165, 1.54) is 19.1 Å². The van der Waals surface area contributed by atoms with Crippen LogP contribution in [0.25, 0.3) is 0 Å². The van der Waals surface area contributed by atoms with Crippen molar-refractivity contribution in [2.24, 2.45) is 5.10 Å². The van der Waals surface area contributed by atoms with Crippen LogP contribution in [-0.2, 0) is 6.18 Å². The van der Waals surface area contributed by atoms with E-state index in [1.54, 1.807) is 0 Å². The van der Waals surface area contributed by atoms with E-state index >= 15 is 0 Å². The zero-order chi connectivity index (χ0) is 22.0. The summed E-state index contributed by atoms with van der Waals surface area (Å²) in [7, 11) is 0. The summed E-state index contributed by atoms with van der Waals surface area (Å²) in [6.07, 6.45) is 1.65. The first kappa shape index (κ1) is 24.0. The van der Waals surface area contributed by atoms with Crippen LogP contribution in [-0.4, -0.2) is 17.9 Å². The fourth-order valence-electron chi connectivity index (χ4n) is 2.48. The number of thiocarbonyl (C=S) groups is 1. The third kappa shape index (κ3) is 8.20. The highest BCUT2D eigenvalue weighted by Gasteiger charge is 2.31. The number of ether oxygens (including phenoxy) is 1. The number of halogens is 4. The first-order valence-corrected chi connectivity index (χ1v) is 10.3. The fourth-order valence-corrected chi connectivity index (χ4v) is 2.81. The zero-order valence-electron chi connectivity index (χ0n) is 16.4. The van der Waals surface area contributed by atoms with Crippen molar-refractivity contribution in [3.63, 3.8) is 0 Å². The second-order valence-corrected chi connectivity index (χ2v) is 7.31. The molecule has 9 heteroatoms. The molecule has 0 aliphatic heterocycles. The van der Waals surface area contributed by atoms with Crippen molar-refractivity contribution in [1.29, 1.82) is 0 Å². The minimum Gasteiger partial charge on any atom is -0.494 e. The van der Waals surface area contributed by atoms with Gasteiger partial charge >= 0.3 is 6.18 Å². The second kappa shape index (κ2) is 11.8. The molecule has 0 bridgehead atoms. The topological polar surface area (TPSA) is 45.6 Å². The Morgan fingerprint density at radius 2 is 1.87 bits per heavy atom. The standard InChI is InChI=1S/C21H23ClF3N3OS/c1-2-3-4-5-12-29-17-9-6-15(7-10-17)14-26-28-20(30)27-19-13-16(21(23,24)25)8-11-18(19)22/h6-11,13-14H,2-5,12H2,1H3,(H2,27,28,30)/b26-14-. The van der Waals surface area contributed by atoms with Gasteiger partial charge in [-0.05, 0) is 66.7 Å². The molecule has 30 heavy (non-hydrogen) atoms. The summed E-state index contributed by atoms with van der Waals surface area (Å²) < 4.78 is 44.1. The van der Waals surface area contributed by atoms with Crippen LogP contribution >= 0.6 is 23.8 Å². The Morgan fingerprint density at radius 1 is 1.13 bits per heavy atom. The molecule has 2 N–H and O–H groups in total. The minimum atomic E-state index is -4.47. The van der Waals surface area contributed by atoms with Gasteiger partial charge in [0.05, 0.1) is 29.1 Å². The molecule has 0 saturated carbocycles. The van der Waals surface area contributed by atoms with Gasteiger partial charge in [0.1, 0.15) is 5.75 Å². The maximum absolute atomic E-state index is 12.8. The maximum Gasteiger partial charge on any atom is 0.416 e. The molecular formula is C21H23ClF3N3OS. The predicted octanol–water partition coefficient (Wildman–Crippen LogP) is 6.64. The van der Waals surface area contributed by atoms with E-state index in [0.29, 0.717) is 6.61 Å². The highest BCUT2D eigenvalue weighted by atomic mass is 35.5. The molecule has 0 aromatic heterocycles. The summed E-state index contributed by atoms with van der Waals surface area (Å²) in [6.45, 7) is 2.85. The fraction of sp³-hybridized carbons (Fsp3) is 0.333. The number of hydrogen-bond acceptors (Lipinski definition) is 3. The van der Waals surface area contributed by atoms with Gasteiger partial charge in [0, 0.05) is 0 Å². The molecule has 0 atom stereocenters. The number of nitrogens with one attached hydrogen (secondary N) is 2. The van der Waals surface area contributed by atoms with Gasteiger partial charge in [0.25, 0.3) is 0 Å². The van der Waals surface area contributed by atoms with Crippen molar-refractivity contribution < 1.29 is 17.9 Å². The Balaban J connectivity index is 1.83. The molecule has 0 amide bonds. The van der Waals surface area contributed by atoms with Crippen LogP contribution in [0, 0.1) is 0 Å². The number of hydrazone groups is 1. The van der Waals surface area contributed by atoms with Crippen LogP contribution in [0.1, 0.15) is 43.7 Å². The zero-order valence-corrected chi connectivity index (χ0v) is 18.0. The lowest BCUT2D eigenvalue weighted by Crippen LogP contribution is -2.24. The summed E-state index contributed by atoms with van der Waals surface area (Å²) in [5, 5.41) is 6.72. The van der Waals surface area contributed by atoms with Gasteiger partial charge in [-0.3, -0.25) is 5.43 Å². The van der Waals surface area contributed by atoms with Crippen LogP contribution in [0.3, 0.4) is 0 Å². The quantitative estimate of drug-likeness (QED) is 0.192. The third-order valence-corrected chi connectivity index (χ3v) is 4.59. The number of anilines is 1. The molecule has 4 nitrogen and oxygen atoms in total. The Kier molecular flexibility index (Phi) is 9.39. The number of hydrogen-bond donors (Lipinski definition) is 2. The van der Waals surface area contributed by atoms with Gasteiger partial charge in [0.15, 0.2) is 5.11 Å². The molecule has 0 aliphatic carbocycles. The Bertz CT molecular complexity index is 858. The highest BCUT2D eigenvalue weighted by Crippen LogP contribution is 2.33. The van der Waals surface area contributed by atoms with Crippen molar-refractivity contribution in [2.75, 3.05) is 11.9 Å². The van der Waals surface area contributed by atoms with Crippen LogP contribution in [0.4, 0.5) is 18.9 Å². The van der Waals surface area contributed by atoms with Crippen LogP contribution in [0.2, 0.25) is 5.02 Å². The van der Waals surface area contributed by atoms with Crippen molar-refractivity contribution in [3.8, 4) is 5.75 Å². The number of unbranched alkanes of at least 4 members (excludes halogenated alkanes) is 3. The van der Waals surface area contributed by atoms with E-state index in [2.05, 4.69) is 22.8 Å². The SMILES string of the molecule is CCCCCCOc1ccc(/C=N\NC(=S)Nc2cc(C(F)(F)F)ccc2Cl)cc1. The predicted molar refractivity (Wildman–Crippen MR) is 119 cm³/mol. The molecular weight excluding hydrogens is 435 g/mol. The Morgan fingerprint density at radius 3 is 2.53 bits per heavy atom. The van der Waals surface area contributed by atoms with Crippen molar-refractivity contribution >= 4 is 40.8 Å². The van der Waals surface area contributed by atoms with E-state index < -0.39 is 11.7 Å². The van der Waals surface area contributed by atoms with Crippen LogP contribution in [0.15, 0.2) is 47.6 Å². The van der Waals surface area contributed by atoms with E-state index in [9.17, 15) is 13.2 Å². The number of benzene rings is 2. The van der Waals surface area contributed by atoms with Gasteiger partial charge in [0.2, 0.25) is 0 Å². The monoisotopic (exact) mass is 457 g/mol. The summed E-state index contributed by atoms with van der Waals surface area (Å²) in [4.78, 5) is 0. The molecule has 0 heterocycles. The van der Waals surface area contributed by atoms with Crippen LogP contribution in [0.5, 0.6) is 5.75 Å². The molecule has 0 fully saturated rings.